The maximum atomic E-state index is 13.3. The summed E-state index contributed by atoms with van der Waals surface area (Å²) < 4.78 is 24.5. The Morgan fingerprint density at radius 2 is 1.55 bits per heavy atom. The molecule has 1 aliphatic carbocycles. The van der Waals surface area contributed by atoms with E-state index in [0.717, 1.165) is 47.3 Å². The molecular formula is C46H56N10O10S. The summed E-state index contributed by atoms with van der Waals surface area (Å²) in [4.78, 5) is 97.3. The van der Waals surface area contributed by atoms with Crippen molar-refractivity contribution in [2.45, 2.75) is 55.5 Å². The third kappa shape index (κ3) is 11.2. The van der Waals surface area contributed by atoms with E-state index in [0.29, 0.717) is 93.9 Å². The minimum absolute atomic E-state index is 0.0219. The zero-order chi connectivity index (χ0) is 46.9. The summed E-state index contributed by atoms with van der Waals surface area (Å²) in [6, 6.07) is 10.0. The number of thioether (sulfide) groups is 1. The van der Waals surface area contributed by atoms with Crippen molar-refractivity contribution in [2.75, 3.05) is 109 Å². The van der Waals surface area contributed by atoms with Crippen LogP contribution in [0.25, 0.3) is 11.0 Å². The van der Waals surface area contributed by atoms with Crippen molar-refractivity contribution in [3.63, 3.8) is 0 Å². The SMILES string of the molecule is CN(C)C(=O)c1cc2cnc(Nc3ccc(N4CCN(C(=O)COCCOCCOCCOCCSc5cccc6c5C(=O)N(C5CCC(=O)NC5=O)C6=O)CC4)cn3)nc2n1C1CCCC1. The number of hydrogen-bond acceptors (Lipinski definition) is 16. The Morgan fingerprint density at radius 1 is 0.836 bits per heavy atom. The molecule has 0 bridgehead atoms. The molecule has 3 aromatic heterocycles. The minimum Gasteiger partial charge on any atom is -0.378 e. The van der Waals surface area contributed by atoms with Gasteiger partial charge in [-0.1, -0.05) is 18.9 Å². The van der Waals surface area contributed by atoms with Crippen LogP contribution in [0, 0.1) is 0 Å². The zero-order valence-electron chi connectivity index (χ0n) is 37.8. The second-order valence-corrected chi connectivity index (χ2v) is 17.9. The van der Waals surface area contributed by atoms with Gasteiger partial charge in [0.1, 0.15) is 29.8 Å². The van der Waals surface area contributed by atoms with E-state index in [2.05, 4.69) is 30.1 Å². The first-order valence-corrected chi connectivity index (χ1v) is 23.7. The molecule has 6 heterocycles. The molecule has 3 fully saturated rings. The molecule has 1 unspecified atom stereocenters. The van der Waals surface area contributed by atoms with Crippen LogP contribution in [0.4, 0.5) is 17.5 Å². The summed E-state index contributed by atoms with van der Waals surface area (Å²) in [7, 11) is 3.52. The Morgan fingerprint density at radius 3 is 2.24 bits per heavy atom. The Labute approximate surface area is 392 Å². The predicted octanol–water partition coefficient (Wildman–Crippen LogP) is 3.30. The lowest BCUT2D eigenvalue weighted by atomic mass is 10.0. The minimum atomic E-state index is -1.01. The number of piperazine rings is 1. The summed E-state index contributed by atoms with van der Waals surface area (Å²) in [5.74, 6) is -0.703. The van der Waals surface area contributed by atoms with E-state index in [1.807, 2.05) is 18.2 Å². The van der Waals surface area contributed by atoms with E-state index < -0.39 is 29.7 Å². The van der Waals surface area contributed by atoms with Crippen molar-refractivity contribution in [1.82, 2.24) is 39.5 Å². The lowest BCUT2D eigenvalue weighted by Gasteiger charge is -2.36. The number of pyridine rings is 1. The molecular weight excluding hydrogens is 885 g/mol. The first-order valence-electron chi connectivity index (χ1n) is 22.7. The first kappa shape index (κ1) is 47.5. The number of rotatable bonds is 21. The summed E-state index contributed by atoms with van der Waals surface area (Å²) in [6.45, 7) is 4.89. The fourth-order valence-corrected chi connectivity index (χ4v) is 9.63. The lowest BCUT2D eigenvalue weighted by Crippen LogP contribution is -2.54. The van der Waals surface area contributed by atoms with E-state index >= 15 is 0 Å². The molecule has 1 atom stereocenters. The van der Waals surface area contributed by atoms with Gasteiger partial charge in [0.05, 0.1) is 69.3 Å². The number of carbonyl (C=O) groups is 6. The molecule has 8 rings (SSSR count). The monoisotopic (exact) mass is 940 g/mol. The van der Waals surface area contributed by atoms with E-state index in [9.17, 15) is 28.8 Å². The van der Waals surface area contributed by atoms with Gasteiger partial charge in [0.25, 0.3) is 17.7 Å². The molecule has 1 aromatic carbocycles. The fourth-order valence-electron chi connectivity index (χ4n) is 8.69. The average Bonchev–Trinajstić information content (AvgIpc) is 4.06. The van der Waals surface area contributed by atoms with Crippen LogP contribution in [-0.2, 0) is 33.3 Å². The second kappa shape index (κ2) is 22.2. The molecule has 0 radical (unpaired) electrons. The normalized spacial score (nSPS) is 17.7. The van der Waals surface area contributed by atoms with Crippen molar-refractivity contribution in [2.24, 2.45) is 0 Å². The van der Waals surface area contributed by atoms with Crippen LogP contribution < -0.4 is 15.5 Å². The molecule has 21 heteroatoms. The third-order valence-corrected chi connectivity index (χ3v) is 13.2. The highest BCUT2D eigenvalue weighted by atomic mass is 32.2. The van der Waals surface area contributed by atoms with Crippen molar-refractivity contribution >= 4 is 75.7 Å². The Hall–Kier alpha value is -6.00. The molecule has 1 saturated carbocycles. The third-order valence-electron chi connectivity index (χ3n) is 12.1. The number of anilines is 3. The summed E-state index contributed by atoms with van der Waals surface area (Å²) in [5, 5.41) is 6.26. The lowest BCUT2D eigenvalue weighted by molar-refractivity contribution is -0.137. The van der Waals surface area contributed by atoms with Gasteiger partial charge in [-0.25, -0.2) is 9.97 Å². The average molecular weight is 941 g/mol. The number of nitrogens with one attached hydrogen (secondary N) is 2. The van der Waals surface area contributed by atoms with Gasteiger partial charge < -0.3 is 43.5 Å². The Bertz CT molecular complexity index is 2450. The van der Waals surface area contributed by atoms with Crippen molar-refractivity contribution < 1.29 is 47.7 Å². The molecule has 0 spiro atoms. The maximum Gasteiger partial charge on any atom is 0.270 e. The van der Waals surface area contributed by atoms with Gasteiger partial charge in [0, 0.05) is 75.0 Å². The Balaban J connectivity index is 0.659. The first-order chi connectivity index (χ1) is 32.6. The molecule has 67 heavy (non-hydrogen) atoms. The van der Waals surface area contributed by atoms with Crippen LogP contribution >= 0.6 is 11.8 Å². The topological polar surface area (TPSA) is 220 Å². The van der Waals surface area contributed by atoms with E-state index in [4.69, 9.17) is 23.9 Å². The van der Waals surface area contributed by atoms with Gasteiger partial charge in [-0.3, -0.25) is 39.0 Å². The van der Waals surface area contributed by atoms with Crippen molar-refractivity contribution in [3.8, 4) is 0 Å². The van der Waals surface area contributed by atoms with Crippen LogP contribution in [0.3, 0.4) is 0 Å². The molecule has 3 aliphatic heterocycles. The number of carbonyl (C=O) groups excluding carboxylic acids is 6. The van der Waals surface area contributed by atoms with E-state index in [-0.39, 0.29) is 55.0 Å². The van der Waals surface area contributed by atoms with Gasteiger partial charge in [-0.15, -0.1) is 11.8 Å². The van der Waals surface area contributed by atoms with Crippen molar-refractivity contribution in [3.05, 3.63) is 65.6 Å². The maximum absolute atomic E-state index is 13.3. The quantitative estimate of drug-likeness (QED) is 0.0696. The molecule has 6 amide bonds. The van der Waals surface area contributed by atoms with Gasteiger partial charge in [-0.05, 0) is 49.6 Å². The standard InChI is InChI=1S/C46H56N10O10S/c1-52(2)44(61)35-26-30-27-48-46(51-41(30)55(35)31-6-3-4-7-31)49-37-12-10-32(28-47-37)53-14-16-54(17-15-53)39(58)29-66-23-22-64-19-18-63-20-21-65-24-25-67-36-9-5-8-33-40(36)45(62)56(43(33)60)34-11-13-38(57)50-42(34)59/h5,8-10,12,26-28,31,34H,3-4,6-7,11,13-25,29H2,1-2H3,(H,50,57,59)(H,47,48,49,51). The van der Waals surface area contributed by atoms with Gasteiger partial charge in [0.2, 0.25) is 23.7 Å². The number of aromatic nitrogens is 4. The fraction of sp³-hybridized carbons (Fsp3) is 0.500. The molecule has 2 saturated heterocycles. The Kier molecular flexibility index (Phi) is 15.7. The van der Waals surface area contributed by atoms with E-state index in [1.165, 1.54) is 11.8 Å². The molecule has 4 aromatic rings. The number of piperidine rings is 1. The highest BCUT2D eigenvalue weighted by Gasteiger charge is 2.45. The van der Waals surface area contributed by atoms with Crippen LogP contribution in [-0.4, -0.2) is 175 Å². The second-order valence-electron chi connectivity index (χ2n) is 16.8. The zero-order valence-corrected chi connectivity index (χ0v) is 38.6. The summed E-state index contributed by atoms with van der Waals surface area (Å²) in [6.07, 6.45) is 8.01. The van der Waals surface area contributed by atoms with Gasteiger partial charge in [0.15, 0.2) is 0 Å². The predicted molar refractivity (Wildman–Crippen MR) is 246 cm³/mol. The van der Waals surface area contributed by atoms with Gasteiger partial charge in [-0.2, -0.15) is 4.98 Å². The van der Waals surface area contributed by atoms with Crippen LogP contribution in [0.2, 0.25) is 0 Å². The van der Waals surface area contributed by atoms with Crippen LogP contribution in [0.5, 0.6) is 0 Å². The summed E-state index contributed by atoms with van der Waals surface area (Å²) >= 11 is 1.38. The van der Waals surface area contributed by atoms with Crippen molar-refractivity contribution in [1.29, 1.82) is 0 Å². The number of fused-ring (bicyclic) bond motifs is 2. The van der Waals surface area contributed by atoms with E-state index in [1.54, 1.807) is 54.5 Å². The number of ether oxygens (including phenoxy) is 4. The molecule has 4 aliphatic rings. The molecule has 2 N–H and O–H groups in total. The van der Waals surface area contributed by atoms with Crippen LogP contribution in [0.1, 0.15) is 75.8 Å². The van der Waals surface area contributed by atoms with Crippen LogP contribution in [0.15, 0.2) is 53.7 Å². The number of imide groups is 2. The number of benzene rings is 1. The summed E-state index contributed by atoms with van der Waals surface area (Å²) in [5.41, 5.74) is 2.84. The number of hydrogen-bond donors (Lipinski definition) is 2. The molecule has 20 nitrogen and oxygen atoms in total. The molecule has 356 valence electrons. The largest absolute Gasteiger partial charge is 0.378 e. The number of nitrogens with zero attached hydrogens (tertiary/aromatic N) is 8. The highest BCUT2D eigenvalue weighted by Crippen LogP contribution is 2.36. The smallest absolute Gasteiger partial charge is 0.270 e. The number of amides is 6. The highest BCUT2D eigenvalue weighted by molar-refractivity contribution is 7.99. The van der Waals surface area contributed by atoms with Gasteiger partial charge >= 0.3 is 0 Å².